The van der Waals surface area contributed by atoms with E-state index in [1.54, 1.807) is 31.2 Å². The molecule has 0 amide bonds. The minimum absolute atomic E-state index is 0.0135. The standard InChI is InChI=1S/C24H26ClN3O5/c1-2-33-21(30)16-3-5-17(6-4-16)27-18-12-26-28(20(29)19(18)25)24-10-14-7-15(11-24)9-23(8-14,13-24)22(31)32/h3-6,12,14-15,27H,2,7-11,13H2,1H3,(H,31,32)/t14-,15-,23?,24?/m0/s1. The van der Waals surface area contributed by atoms with Crippen LogP contribution in [0, 0.1) is 17.3 Å². The molecule has 4 bridgehead atoms. The summed E-state index contributed by atoms with van der Waals surface area (Å²) >= 11 is 6.48. The summed E-state index contributed by atoms with van der Waals surface area (Å²) in [5.41, 5.74) is -0.343. The van der Waals surface area contributed by atoms with E-state index >= 15 is 0 Å². The van der Waals surface area contributed by atoms with E-state index in [9.17, 15) is 19.5 Å². The number of hydrogen-bond donors (Lipinski definition) is 2. The number of nitrogens with zero attached hydrogens (tertiary/aromatic N) is 2. The molecule has 2 aromatic rings. The molecular weight excluding hydrogens is 446 g/mol. The fourth-order valence-corrected chi connectivity index (χ4v) is 6.81. The van der Waals surface area contributed by atoms with Crippen LogP contribution in [-0.4, -0.2) is 33.4 Å². The fourth-order valence-electron chi connectivity index (χ4n) is 6.63. The number of rotatable bonds is 6. The van der Waals surface area contributed by atoms with Gasteiger partial charge >= 0.3 is 11.9 Å². The van der Waals surface area contributed by atoms with Gasteiger partial charge in [0.15, 0.2) is 0 Å². The zero-order valence-corrected chi connectivity index (χ0v) is 19.1. The van der Waals surface area contributed by atoms with Crippen LogP contribution in [0.5, 0.6) is 0 Å². The molecule has 1 aromatic carbocycles. The summed E-state index contributed by atoms with van der Waals surface area (Å²) in [6.45, 7) is 2.04. The zero-order valence-electron chi connectivity index (χ0n) is 18.3. The van der Waals surface area contributed by atoms with Gasteiger partial charge in [0, 0.05) is 5.69 Å². The summed E-state index contributed by atoms with van der Waals surface area (Å²) in [5.74, 6) is -0.568. The molecule has 8 nitrogen and oxygen atoms in total. The highest BCUT2D eigenvalue weighted by Gasteiger charge is 2.62. The summed E-state index contributed by atoms with van der Waals surface area (Å²) in [7, 11) is 0. The van der Waals surface area contributed by atoms with Gasteiger partial charge in [0.1, 0.15) is 5.02 Å². The average Bonchev–Trinajstić information content (AvgIpc) is 2.76. The van der Waals surface area contributed by atoms with E-state index in [0.717, 1.165) is 19.3 Å². The zero-order chi connectivity index (χ0) is 23.4. The quantitative estimate of drug-likeness (QED) is 0.607. The van der Waals surface area contributed by atoms with Gasteiger partial charge in [-0.1, -0.05) is 11.6 Å². The van der Waals surface area contributed by atoms with Crippen molar-refractivity contribution in [3.63, 3.8) is 0 Å². The van der Waals surface area contributed by atoms with Crippen LogP contribution in [-0.2, 0) is 15.1 Å². The normalized spacial score (nSPS) is 29.6. The Labute approximate surface area is 195 Å². The molecule has 4 aliphatic carbocycles. The smallest absolute Gasteiger partial charge is 0.338 e. The minimum atomic E-state index is -0.769. The molecule has 9 heteroatoms. The largest absolute Gasteiger partial charge is 0.481 e. The first-order valence-corrected chi connectivity index (χ1v) is 11.7. The Morgan fingerprint density at radius 3 is 2.48 bits per heavy atom. The van der Waals surface area contributed by atoms with Crippen molar-refractivity contribution in [2.75, 3.05) is 11.9 Å². The number of benzene rings is 1. The molecule has 0 unspecified atom stereocenters. The summed E-state index contributed by atoms with van der Waals surface area (Å²) < 4.78 is 6.44. The number of hydrogen-bond acceptors (Lipinski definition) is 6. The van der Waals surface area contributed by atoms with Crippen molar-refractivity contribution >= 4 is 34.9 Å². The molecule has 0 aliphatic heterocycles. The van der Waals surface area contributed by atoms with Gasteiger partial charge in [-0.2, -0.15) is 5.10 Å². The molecular formula is C24H26ClN3O5. The third-order valence-electron chi connectivity index (χ3n) is 7.53. The van der Waals surface area contributed by atoms with Gasteiger partial charge in [-0.05, 0) is 81.5 Å². The maximum atomic E-state index is 13.3. The second kappa shape index (κ2) is 7.87. The Morgan fingerprint density at radius 1 is 1.21 bits per heavy atom. The number of anilines is 2. The lowest BCUT2D eigenvalue weighted by molar-refractivity contribution is -0.173. The third-order valence-corrected chi connectivity index (χ3v) is 7.89. The highest BCUT2D eigenvalue weighted by atomic mass is 35.5. The predicted molar refractivity (Wildman–Crippen MR) is 122 cm³/mol. The Hall–Kier alpha value is -2.87. The second-order valence-electron chi connectivity index (χ2n) is 9.78. The van der Waals surface area contributed by atoms with Gasteiger partial charge in [-0.3, -0.25) is 9.59 Å². The Balaban J connectivity index is 1.42. The molecule has 0 saturated heterocycles. The van der Waals surface area contributed by atoms with Crippen LogP contribution in [0.3, 0.4) is 0 Å². The van der Waals surface area contributed by atoms with Crippen LogP contribution in [0.25, 0.3) is 0 Å². The molecule has 0 radical (unpaired) electrons. The SMILES string of the molecule is CCOC(=O)c1ccc(Nc2cnn(C34C[C@H]5C[C@@H](CC(C(=O)O)(C5)C3)C4)c(=O)c2Cl)cc1. The summed E-state index contributed by atoms with van der Waals surface area (Å²) in [5, 5.41) is 17.6. The van der Waals surface area contributed by atoms with Crippen LogP contribution >= 0.6 is 11.6 Å². The fraction of sp³-hybridized carbons (Fsp3) is 0.500. The van der Waals surface area contributed by atoms with Crippen molar-refractivity contribution < 1.29 is 19.4 Å². The molecule has 6 rings (SSSR count). The van der Waals surface area contributed by atoms with Crippen molar-refractivity contribution in [3.05, 3.63) is 51.4 Å². The number of carboxylic acids is 1. The van der Waals surface area contributed by atoms with E-state index in [2.05, 4.69) is 10.4 Å². The van der Waals surface area contributed by atoms with Gasteiger partial charge in [0.25, 0.3) is 5.56 Å². The predicted octanol–water partition coefficient (Wildman–Crippen LogP) is 4.20. The second-order valence-corrected chi connectivity index (χ2v) is 10.2. The minimum Gasteiger partial charge on any atom is -0.481 e. The van der Waals surface area contributed by atoms with Gasteiger partial charge in [0.2, 0.25) is 0 Å². The number of aromatic nitrogens is 2. The Kier molecular flexibility index (Phi) is 5.23. The summed E-state index contributed by atoms with van der Waals surface area (Å²) in [4.78, 5) is 37.3. The number of aliphatic carboxylic acids is 1. The van der Waals surface area contributed by atoms with Gasteiger partial charge in [-0.15, -0.1) is 0 Å². The molecule has 2 N–H and O–H groups in total. The molecule has 4 saturated carbocycles. The molecule has 4 fully saturated rings. The first kappa shape index (κ1) is 21.9. The molecule has 174 valence electrons. The summed E-state index contributed by atoms with van der Waals surface area (Å²) in [6.07, 6.45) is 5.88. The highest BCUT2D eigenvalue weighted by molar-refractivity contribution is 6.33. The number of nitrogens with one attached hydrogen (secondary N) is 1. The first-order chi connectivity index (χ1) is 15.7. The van der Waals surface area contributed by atoms with E-state index in [4.69, 9.17) is 16.3 Å². The van der Waals surface area contributed by atoms with Crippen LogP contribution in [0.2, 0.25) is 5.02 Å². The number of halogens is 1. The topological polar surface area (TPSA) is 111 Å². The van der Waals surface area contributed by atoms with E-state index in [0.29, 0.717) is 54.6 Å². The van der Waals surface area contributed by atoms with Crippen LogP contribution in [0.1, 0.15) is 55.8 Å². The number of esters is 1. The molecule has 2 atom stereocenters. The van der Waals surface area contributed by atoms with Crippen molar-refractivity contribution in [2.45, 2.75) is 51.0 Å². The average molecular weight is 472 g/mol. The molecule has 33 heavy (non-hydrogen) atoms. The Bertz CT molecular complexity index is 1160. The molecule has 1 aromatic heterocycles. The van der Waals surface area contributed by atoms with Crippen molar-refractivity contribution in [3.8, 4) is 0 Å². The van der Waals surface area contributed by atoms with Crippen molar-refractivity contribution in [1.29, 1.82) is 0 Å². The van der Waals surface area contributed by atoms with E-state index in [-0.39, 0.29) is 5.02 Å². The maximum Gasteiger partial charge on any atom is 0.338 e. The van der Waals surface area contributed by atoms with Gasteiger partial charge in [0.05, 0.1) is 35.0 Å². The maximum absolute atomic E-state index is 13.3. The monoisotopic (exact) mass is 471 g/mol. The van der Waals surface area contributed by atoms with Gasteiger partial charge < -0.3 is 15.2 Å². The highest BCUT2D eigenvalue weighted by Crippen LogP contribution is 2.63. The van der Waals surface area contributed by atoms with E-state index in [1.807, 2.05) is 0 Å². The first-order valence-electron chi connectivity index (χ1n) is 11.3. The Morgan fingerprint density at radius 2 is 1.88 bits per heavy atom. The van der Waals surface area contributed by atoms with Crippen LogP contribution < -0.4 is 10.9 Å². The number of carbonyl (C=O) groups is 2. The van der Waals surface area contributed by atoms with Gasteiger partial charge in [-0.25, -0.2) is 9.48 Å². The molecule has 0 spiro atoms. The lowest BCUT2D eigenvalue weighted by atomic mass is 9.47. The van der Waals surface area contributed by atoms with E-state index < -0.39 is 28.5 Å². The number of ether oxygens (including phenoxy) is 1. The van der Waals surface area contributed by atoms with Crippen molar-refractivity contribution in [1.82, 2.24) is 9.78 Å². The third kappa shape index (κ3) is 3.60. The number of carbonyl (C=O) groups excluding carboxylic acids is 1. The lowest BCUT2D eigenvalue weighted by Crippen LogP contribution is -2.61. The van der Waals surface area contributed by atoms with Crippen LogP contribution in [0.4, 0.5) is 11.4 Å². The molecule has 1 heterocycles. The lowest BCUT2D eigenvalue weighted by Gasteiger charge is -2.60. The van der Waals surface area contributed by atoms with Crippen LogP contribution in [0.15, 0.2) is 35.3 Å². The number of carboxylic acid groups (broad SMARTS) is 1. The van der Waals surface area contributed by atoms with Crippen molar-refractivity contribution in [2.24, 2.45) is 17.3 Å². The summed E-state index contributed by atoms with van der Waals surface area (Å²) in [6, 6.07) is 6.65. The molecule has 4 aliphatic rings. The van der Waals surface area contributed by atoms with E-state index in [1.165, 1.54) is 10.9 Å².